The minimum atomic E-state index is -0.473. The lowest BCUT2D eigenvalue weighted by Crippen LogP contribution is -2.51. The molecule has 1 amide bonds. The van der Waals surface area contributed by atoms with Gasteiger partial charge in [0.1, 0.15) is 6.04 Å². The molecule has 0 saturated heterocycles. The number of carbonyl (C=O) groups is 1. The van der Waals surface area contributed by atoms with Gasteiger partial charge in [0, 0.05) is 12.7 Å². The zero-order valence-corrected chi connectivity index (χ0v) is 12.1. The molecule has 0 spiro atoms. The molecule has 0 fully saturated rings. The van der Waals surface area contributed by atoms with Crippen LogP contribution in [0.2, 0.25) is 0 Å². The molecule has 7 heteroatoms. The van der Waals surface area contributed by atoms with Crippen molar-refractivity contribution in [1.29, 1.82) is 5.26 Å². The number of carbonyl (C=O) groups excluding carboxylic acids is 1. The molecule has 1 aliphatic heterocycles. The van der Waals surface area contributed by atoms with Crippen LogP contribution in [0.25, 0.3) is 0 Å². The average molecular weight is 286 g/mol. The zero-order chi connectivity index (χ0) is 15.4. The fraction of sp³-hybridized carbons (Fsp3) is 0.429. The Morgan fingerprint density at radius 3 is 3.19 bits per heavy atom. The Kier molecular flexibility index (Phi) is 4.38. The second-order valence-corrected chi connectivity index (χ2v) is 5.05. The van der Waals surface area contributed by atoms with Crippen LogP contribution in [0, 0.1) is 17.4 Å². The van der Waals surface area contributed by atoms with Crippen LogP contribution in [-0.2, 0) is 11.3 Å². The molecule has 1 aromatic heterocycles. The van der Waals surface area contributed by atoms with Gasteiger partial charge in [-0.3, -0.25) is 9.78 Å². The van der Waals surface area contributed by atoms with Gasteiger partial charge in [-0.25, -0.2) is 0 Å². The van der Waals surface area contributed by atoms with E-state index in [-0.39, 0.29) is 17.8 Å². The number of amides is 1. The van der Waals surface area contributed by atoms with Crippen LogP contribution < -0.4 is 11.1 Å². The van der Waals surface area contributed by atoms with E-state index in [1.807, 2.05) is 19.9 Å². The first-order valence-corrected chi connectivity index (χ1v) is 6.81. The van der Waals surface area contributed by atoms with Gasteiger partial charge >= 0.3 is 0 Å². The molecule has 0 bridgehead atoms. The van der Waals surface area contributed by atoms with Crippen molar-refractivity contribution in [2.75, 3.05) is 5.32 Å². The van der Waals surface area contributed by atoms with Crippen molar-refractivity contribution < 1.29 is 4.79 Å². The molecule has 2 heterocycles. The fourth-order valence-electron chi connectivity index (χ4n) is 2.43. The summed E-state index contributed by atoms with van der Waals surface area (Å²) in [4.78, 5) is 21.8. The SMILES string of the molecule is CC[C@H](C)[C@H]1C(=O)Nc2cnccc2CN1C(N)=NC#N. The Morgan fingerprint density at radius 1 is 1.76 bits per heavy atom. The number of nitriles is 1. The van der Waals surface area contributed by atoms with Crippen LogP contribution in [-0.4, -0.2) is 27.8 Å². The zero-order valence-electron chi connectivity index (χ0n) is 12.1. The van der Waals surface area contributed by atoms with Gasteiger partial charge in [-0.15, -0.1) is 4.99 Å². The molecule has 0 aliphatic carbocycles. The Morgan fingerprint density at radius 2 is 2.52 bits per heavy atom. The first kappa shape index (κ1) is 14.8. The molecule has 1 aliphatic rings. The second-order valence-electron chi connectivity index (χ2n) is 5.05. The lowest BCUT2D eigenvalue weighted by Gasteiger charge is -2.32. The van der Waals surface area contributed by atoms with E-state index in [0.717, 1.165) is 12.0 Å². The van der Waals surface area contributed by atoms with Gasteiger partial charge in [-0.05, 0) is 17.5 Å². The molecule has 0 radical (unpaired) electrons. The first-order valence-electron chi connectivity index (χ1n) is 6.81. The number of guanidine groups is 1. The van der Waals surface area contributed by atoms with Crippen molar-refractivity contribution >= 4 is 17.6 Å². The lowest BCUT2D eigenvalue weighted by atomic mass is 9.97. The quantitative estimate of drug-likeness (QED) is 0.480. The molecule has 3 N–H and O–H groups in total. The number of anilines is 1. The van der Waals surface area contributed by atoms with Crippen molar-refractivity contribution in [3.8, 4) is 6.19 Å². The minimum absolute atomic E-state index is 0.0580. The monoisotopic (exact) mass is 286 g/mol. The van der Waals surface area contributed by atoms with Gasteiger partial charge in [0.25, 0.3) is 0 Å². The number of aliphatic imine (C=N–C) groups is 1. The summed E-state index contributed by atoms with van der Waals surface area (Å²) < 4.78 is 0. The van der Waals surface area contributed by atoms with E-state index >= 15 is 0 Å². The smallest absolute Gasteiger partial charge is 0.247 e. The minimum Gasteiger partial charge on any atom is -0.369 e. The highest BCUT2D eigenvalue weighted by molar-refractivity contribution is 5.99. The third-order valence-electron chi connectivity index (χ3n) is 3.76. The van der Waals surface area contributed by atoms with E-state index in [9.17, 15) is 4.79 Å². The molecule has 21 heavy (non-hydrogen) atoms. The molecule has 0 aromatic carbocycles. The van der Waals surface area contributed by atoms with Crippen LogP contribution in [0.4, 0.5) is 5.69 Å². The number of nitrogens with zero attached hydrogens (tertiary/aromatic N) is 4. The molecule has 0 unspecified atom stereocenters. The van der Waals surface area contributed by atoms with Crippen molar-refractivity contribution in [3.63, 3.8) is 0 Å². The molecular formula is C14H18N6O. The number of hydrogen-bond donors (Lipinski definition) is 2. The Labute approximate surface area is 123 Å². The summed E-state index contributed by atoms with van der Waals surface area (Å²) in [5, 5.41) is 11.6. The molecule has 7 nitrogen and oxygen atoms in total. The highest BCUT2D eigenvalue weighted by Crippen LogP contribution is 2.26. The average Bonchev–Trinajstić information content (AvgIpc) is 2.62. The summed E-state index contributed by atoms with van der Waals surface area (Å²) in [6.45, 7) is 4.39. The number of fused-ring (bicyclic) bond motifs is 1. The predicted molar refractivity (Wildman–Crippen MR) is 78.9 cm³/mol. The van der Waals surface area contributed by atoms with Crippen LogP contribution in [0.15, 0.2) is 23.5 Å². The number of pyridine rings is 1. The van der Waals surface area contributed by atoms with Crippen LogP contribution >= 0.6 is 0 Å². The van der Waals surface area contributed by atoms with Crippen LogP contribution in [0.5, 0.6) is 0 Å². The maximum atomic E-state index is 12.5. The van der Waals surface area contributed by atoms with E-state index in [4.69, 9.17) is 11.0 Å². The standard InChI is InChI=1S/C14H18N6O/c1-3-9(2)12-13(21)19-11-6-17-5-4-10(11)7-20(12)14(16)18-8-15/h4-6,9,12H,3,7H2,1-2H3,(H2,16,18)(H,19,21)/t9-,12-/m0/s1. The fourth-order valence-corrected chi connectivity index (χ4v) is 2.43. The molecule has 0 saturated carbocycles. The van der Waals surface area contributed by atoms with Crippen LogP contribution in [0.1, 0.15) is 25.8 Å². The van der Waals surface area contributed by atoms with Crippen molar-refractivity contribution in [2.24, 2.45) is 16.6 Å². The molecular weight excluding hydrogens is 268 g/mol. The van der Waals surface area contributed by atoms with Gasteiger partial charge < -0.3 is 16.0 Å². The number of hydrogen-bond acceptors (Lipinski definition) is 4. The van der Waals surface area contributed by atoms with Gasteiger partial charge in [0.15, 0.2) is 0 Å². The summed E-state index contributed by atoms with van der Waals surface area (Å²) in [6, 6.07) is 1.35. The summed E-state index contributed by atoms with van der Waals surface area (Å²) >= 11 is 0. The van der Waals surface area contributed by atoms with Crippen molar-refractivity contribution in [3.05, 3.63) is 24.0 Å². The highest BCUT2D eigenvalue weighted by atomic mass is 16.2. The molecule has 1 aromatic rings. The number of nitrogens with two attached hydrogens (primary N) is 1. The largest absolute Gasteiger partial charge is 0.369 e. The van der Waals surface area contributed by atoms with Gasteiger partial charge in [-0.2, -0.15) is 5.26 Å². The third kappa shape index (κ3) is 2.94. The van der Waals surface area contributed by atoms with Crippen LogP contribution in [0.3, 0.4) is 0 Å². The number of aromatic nitrogens is 1. The Bertz CT molecular complexity index is 606. The molecule has 2 rings (SSSR count). The summed E-state index contributed by atoms with van der Waals surface area (Å²) in [7, 11) is 0. The van der Waals surface area contributed by atoms with E-state index in [2.05, 4.69) is 15.3 Å². The summed E-state index contributed by atoms with van der Waals surface area (Å²) in [5.74, 6) is -0.0329. The summed E-state index contributed by atoms with van der Waals surface area (Å²) in [5.41, 5.74) is 7.45. The highest BCUT2D eigenvalue weighted by Gasteiger charge is 2.35. The number of nitrogens with one attached hydrogen (secondary N) is 1. The Balaban J connectivity index is 2.48. The number of rotatable bonds is 2. The lowest BCUT2D eigenvalue weighted by molar-refractivity contribution is -0.121. The van der Waals surface area contributed by atoms with E-state index in [1.165, 1.54) is 0 Å². The maximum Gasteiger partial charge on any atom is 0.247 e. The van der Waals surface area contributed by atoms with E-state index in [1.54, 1.807) is 23.5 Å². The van der Waals surface area contributed by atoms with E-state index in [0.29, 0.717) is 12.2 Å². The summed E-state index contributed by atoms with van der Waals surface area (Å²) in [6.07, 6.45) is 5.76. The van der Waals surface area contributed by atoms with Gasteiger partial charge in [0.2, 0.25) is 18.1 Å². The topological polar surface area (TPSA) is 107 Å². The first-order chi connectivity index (χ1) is 10.1. The normalized spacial score (nSPS) is 20.0. The predicted octanol–water partition coefficient (Wildman–Crippen LogP) is 1.05. The van der Waals surface area contributed by atoms with Gasteiger partial charge in [-0.1, -0.05) is 20.3 Å². The second kappa shape index (κ2) is 6.22. The van der Waals surface area contributed by atoms with Gasteiger partial charge in [0.05, 0.1) is 11.9 Å². The third-order valence-corrected chi connectivity index (χ3v) is 3.76. The molecule has 2 atom stereocenters. The maximum absolute atomic E-state index is 12.5. The van der Waals surface area contributed by atoms with Crippen molar-refractivity contribution in [2.45, 2.75) is 32.9 Å². The van der Waals surface area contributed by atoms with Crippen molar-refractivity contribution in [1.82, 2.24) is 9.88 Å². The van der Waals surface area contributed by atoms with E-state index < -0.39 is 6.04 Å². The molecule has 110 valence electrons. The Hall–Kier alpha value is -2.62.